The van der Waals surface area contributed by atoms with Gasteiger partial charge < -0.3 is 20.0 Å². The minimum atomic E-state index is -0.889. The van der Waals surface area contributed by atoms with E-state index in [1.54, 1.807) is 29.7 Å². The Morgan fingerprint density at radius 3 is 2.93 bits per heavy atom. The van der Waals surface area contributed by atoms with Crippen LogP contribution in [0.15, 0.2) is 58.5 Å². The summed E-state index contributed by atoms with van der Waals surface area (Å²) in [6.45, 7) is 0.872. The van der Waals surface area contributed by atoms with Crippen LogP contribution >= 0.6 is 11.3 Å². The molecule has 0 amide bonds. The van der Waals surface area contributed by atoms with Crippen LogP contribution in [-0.4, -0.2) is 22.6 Å². The van der Waals surface area contributed by atoms with E-state index in [2.05, 4.69) is 4.98 Å². The Morgan fingerprint density at radius 1 is 1.24 bits per heavy atom. The summed E-state index contributed by atoms with van der Waals surface area (Å²) < 4.78 is 11.6. The van der Waals surface area contributed by atoms with Crippen LogP contribution in [-0.2, 0) is 24.2 Å². The summed E-state index contributed by atoms with van der Waals surface area (Å²) in [6.07, 6.45) is 2.33. The molecule has 4 aromatic rings. The van der Waals surface area contributed by atoms with Gasteiger partial charge in [0.25, 0.3) is 0 Å². The normalized spacial score (nSPS) is 11.1. The first-order valence-electron chi connectivity index (χ1n) is 9.21. The van der Waals surface area contributed by atoms with Crippen LogP contribution in [0.4, 0.5) is 0 Å². The summed E-state index contributed by atoms with van der Waals surface area (Å²) in [5, 5.41) is 13.1. The minimum absolute atomic E-state index is 0.0784. The van der Waals surface area contributed by atoms with Gasteiger partial charge in [0.15, 0.2) is 0 Å². The van der Waals surface area contributed by atoms with Crippen LogP contribution < -0.4 is 10.5 Å². The van der Waals surface area contributed by atoms with Gasteiger partial charge >= 0.3 is 5.97 Å². The summed E-state index contributed by atoms with van der Waals surface area (Å²) in [7, 11) is 0. The van der Waals surface area contributed by atoms with Gasteiger partial charge in [0.1, 0.15) is 17.9 Å². The van der Waals surface area contributed by atoms with Gasteiger partial charge in [-0.05, 0) is 36.4 Å². The molecule has 0 aliphatic rings. The lowest BCUT2D eigenvalue weighted by atomic mass is 10.1. The van der Waals surface area contributed by atoms with Crippen molar-refractivity contribution in [2.75, 3.05) is 6.54 Å². The average Bonchev–Trinajstić information content (AvgIpc) is 3.36. The largest absolute Gasteiger partial charge is 0.489 e. The van der Waals surface area contributed by atoms with Gasteiger partial charge in [-0.3, -0.25) is 4.79 Å². The lowest BCUT2D eigenvalue weighted by Gasteiger charge is -2.11. The van der Waals surface area contributed by atoms with Crippen LogP contribution in [0.1, 0.15) is 16.1 Å². The fourth-order valence-electron chi connectivity index (χ4n) is 3.21. The molecule has 7 heteroatoms. The lowest BCUT2D eigenvalue weighted by Crippen LogP contribution is -2.04. The third kappa shape index (κ3) is 4.31. The van der Waals surface area contributed by atoms with Crippen molar-refractivity contribution >= 4 is 28.3 Å². The predicted octanol–water partition coefficient (Wildman–Crippen LogP) is 4.26. The maximum absolute atomic E-state index is 11.1. The number of hydrogen-bond donors (Lipinski definition) is 2. The molecule has 3 N–H and O–H groups in total. The Bertz CT molecular complexity index is 1150. The minimum Gasteiger partial charge on any atom is -0.489 e. The molecule has 2 heterocycles. The van der Waals surface area contributed by atoms with E-state index >= 15 is 0 Å². The van der Waals surface area contributed by atoms with E-state index in [0.29, 0.717) is 24.5 Å². The highest BCUT2D eigenvalue weighted by atomic mass is 32.1. The number of carbonyl (C=O) groups is 1. The second-order valence-electron chi connectivity index (χ2n) is 6.61. The van der Waals surface area contributed by atoms with Crippen molar-refractivity contribution in [3.05, 3.63) is 70.2 Å². The van der Waals surface area contributed by atoms with E-state index in [1.165, 1.54) is 0 Å². The van der Waals surface area contributed by atoms with Crippen LogP contribution in [0.3, 0.4) is 0 Å². The smallest absolute Gasteiger partial charge is 0.307 e. The number of nitrogens with two attached hydrogens (primary N) is 1. The van der Waals surface area contributed by atoms with E-state index in [-0.39, 0.29) is 6.42 Å². The molecule has 0 saturated heterocycles. The van der Waals surface area contributed by atoms with Gasteiger partial charge in [0.2, 0.25) is 0 Å². The van der Waals surface area contributed by atoms with Crippen LogP contribution in [0, 0.1) is 0 Å². The van der Waals surface area contributed by atoms with E-state index < -0.39 is 5.97 Å². The molecule has 6 nitrogen and oxygen atoms in total. The van der Waals surface area contributed by atoms with Crippen LogP contribution in [0.2, 0.25) is 0 Å². The Hall–Kier alpha value is -3.16. The average molecular weight is 408 g/mol. The number of carboxylic acid groups (broad SMARTS) is 1. The maximum atomic E-state index is 11.1. The molecule has 4 rings (SSSR count). The summed E-state index contributed by atoms with van der Waals surface area (Å²) in [5.74, 6) is -0.317. The molecule has 2 aromatic heterocycles. The molecule has 0 radical (unpaired) electrons. The maximum Gasteiger partial charge on any atom is 0.307 e. The second-order valence-corrected chi connectivity index (χ2v) is 7.56. The van der Waals surface area contributed by atoms with Gasteiger partial charge in [-0.1, -0.05) is 18.2 Å². The van der Waals surface area contributed by atoms with Crippen molar-refractivity contribution in [1.29, 1.82) is 0 Å². The molecule has 0 bridgehead atoms. The zero-order chi connectivity index (χ0) is 20.2. The molecule has 0 aliphatic heterocycles. The number of hydrogen-bond acceptors (Lipinski definition) is 6. The number of carboxylic acids is 1. The van der Waals surface area contributed by atoms with E-state index in [0.717, 1.165) is 39.2 Å². The molecule has 2 aromatic carbocycles. The third-order valence-electron chi connectivity index (χ3n) is 4.51. The quantitative estimate of drug-likeness (QED) is 0.452. The fourth-order valence-corrected chi connectivity index (χ4v) is 4.02. The highest BCUT2D eigenvalue weighted by molar-refractivity contribution is 7.10. The van der Waals surface area contributed by atoms with Crippen molar-refractivity contribution in [1.82, 2.24) is 4.98 Å². The summed E-state index contributed by atoms with van der Waals surface area (Å²) in [6, 6.07) is 13.1. The van der Waals surface area contributed by atoms with Crippen molar-refractivity contribution < 1.29 is 19.1 Å². The molecular weight excluding hydrogens is 388 g/mol. The number of aliphatic carboxylic acids is 1. The van der Waals surface area contributed by atoms with Crippen molar-refractivity contribution in [2.45, 2.75) is 19.4 Å². The van der Waals surface area contributed by atoms with E-state index in [4.69, 9.17) is 20.0 Å². The number of para-hydroxylation sites is 1. The number of rotatable bonds is 8. The van der Waals surface area contributed by atoms with Crippen LogP contribution in [0.5, 0.6) is 5.75 Å². The Morgan fingerprint density at radius 2 is 2.10 bits per heavy atom. The van der Waals surface area contributed by atoms with Crippen molar-refractivity contribution in [2.24, 2.45) is 5.73 Å². The first kappa shape index (κ1) is 19.2. The van der Waals surface area contributed by atoms with Crippen molar-refractivity contribution in [3.63, 3.8) is 0 Å². The number of ether oxygens (including phenoxy) is 1. The summed E-state index contributed by atoms with van der Waals surface area (Å²) in [4.78, 5) is 15.8. The predicted molar refractivity (Wildman–Crippen MR) is 112 cm³/mol. The fraction of sp³-hybridized carbons (Fsp3) is 0.182. The zero-order valence-electron chi connectivity index (χ0n) is 15.6. The first-order chi connectivity index (χ1) is 14.1. The molecule has 0 spiro atoms. The Labute approximate surface area is 171 Å². The highest BCUT2D eigenvalue weighted by Gasteiger charge is 2.14. The SMILES string of the molecule is NCCc1nc(-c2cc(COc3ccccc3CC(=O)O)cc3ccoc23)cs1. The van der Waals surface area contributed by atoms with Gasteiger partial charge in [-0.15, -0.1) is 11.3 Å². The second kappa shape index (κ2) is 8.46. The van der Waals surface area contributed by atoms with Crippen molar-refractivity contribution in [3.8, 4) is 17.0 Å². The zero-order valence-corrected chi connectivity index (χ0v) is 16.4. The number of benzene rings is 2. The number of thiazole rings is 1. The lowest BCUT2D eigenvalue weighted by molar-refractivity contribution is -0.136. The third-order valence-corrected chi connectivity index (χ3v) is 5.41. The summed E-state index contributed by atoms with van der Waals surface area (Å²) in [5.41, 5.74) is 9.78. The van der Waals surface area contributed by atoms with Gasteiger partial charge in [0, 0.05) is 28.3 Å². The molecule has 148 valence electrons. The Kier molecular flexibility index (Phi) is 5.59. The monoisotopic (exact) mass is 408 g/mol. The molecule has 29 heavy (non-hydrogen) atoms. The van der Waals surface area contributed by atoms with Gasteiger partial charge in [-0.2, -0.15) is 0 Å². The van der Waals surface area contributed by atoms with E-state index in [1.807, 2.05) is 35.7 Å². The Balaban J connectivity index is 1.63. The molecule has 0 saturated carbocycles. The number of furan rings is 1. The van der Waals surface area contributed by atoms with Crippen LogP contribution in [0.25, 0.3) is 22.2 Å². The first-order valence-corrected chi connectivity index (χ1v) is 10.1. The number of aromatic nitrogens is 1. The van der Waals surface area contributed by atoms with E-state index in [9.17, 15) is 4.79 Å². The number of nitrogens with zero attached hydrogens (tertiary/aromatic N) is 1. The topological polar surface area (TPSA) is 98.6 Å². The molecular formula is C22H20N2O4S. The number of fused-ring (bicyclic) bond motifs is 1. The molecule has 0 aliphatic carbocycles. The highest BCUT2D eigenvalue weighted by Crippen LogP contribution is 2.32. The molecule has 0 unspecified atom stereocenters. The van der Waals surface area contributed by atoms with Gasteiger partial charge in [-0.25, -0.2) is 4.98 Å². The molecule has 0 fully saturated rings. The standard InChI is InChI=1S/C22H20N2O4S/c23-7-5-20-24-18(13-29-20)17-10-14(9-16-6-8-27-22(16)17)12-28-19-4-2-1-3-15(19)11-21(25)26/h1-4,6,8-10,13H,5,7,11-12,23H2,(H,25,26). The molecule has 0 atom stereocenters. The summed E-state index contributed by atoms with van der Waals surface area (Å²) >= 11 is 1.58. The van der Waals surface area contributed by atoms with Gasteiger partial charge in [0.05, 0.1) is 23.4 Å².